The standard InChI is InChI=1S/C11H10BrFN4O/c1-6-4-10(16-11(15-6)17-14)18-9-3-2-7(13)5-8(9)12/h2-5H,14H2,1H3,(H,15,16,17). The third-order valence-electron chi connectivity index (χ3n) is 2.07. The molecule has 2 rings (SSSR count). The first-order valence-corrected chi connectivity index (χ1v) is 5.83. The minimum Gasteiger partial charge on any atom is -0.438 e. The van der Waals surface area contributed by atoms with Crippen LogP contribution in [-0.4, -0.2) is 9.97 Å². The van der Waals surface area contributed by atoms with Crippen LogP contribution in [0, 0.1) is 12.7 Å². The van der Waals surface area contributed by atoms with Gasteiger partial charge in [0.2, 0.25) is 11.8 Å². The molecule has 7 heteroatoms. The van der Waals surface area contributed by atoms with Gasteiger partial charge in [0.15, 0.2) is 0 Å². The van der Waals surface area contributed by atoms with Crippen molar-refractivity contribution in [1.82, 2.24) is 9.97 Å². The molecule has 18 heavy (non-hydrogen) atoms. The molecule has 0 aliphatic rings. The van der Waals surface area contributed by atoms with Gasteiger partial charge in [-0.25, -0.2) is 15.2 Å². The first-order valence-electron chi connectivity index (χ1n) is 5.03. The van der Waals surface area contributed by atoms with Crippen LogP contribution in [0.5, 0.6) is 11.6 Å². The van der Waals surface area contributed by atoms with Gasteiger partial charge in [0.25, 0.3) is 0 Å². The van der Waals surface area contributed by atoms with Gasteiger partial charge in [0.05, 0.1) is 4.47 Å². The number of nitrogens with zero attached hydrogens (tertiary/aromatic N) is 2. The third-order valence-corrected chi connectivity index (χ3v) is 2.69. The molecule has 0 aliphatic carbocycles. The van der Waals surface area contributed by atoms with Crippen molar-refractivity contribution in [1.29, 1.82) is 0 Å². The van der Waals surface area contributed by atoms with Gasteiger partial charge < -0.3 is 4.74 Å². The summed E-state index contributed by atoms with van der Waals surface area (Å²) < 4.78 is 19.0. The summed E-state index contributed by atoms with van der Waals surface area (Å²) in [6.45, 7) is 1.79. The minimum atomic E-state index is -0.350. The first-order chi connectivity index (χ1) is 8.58. The highest BCUT2D eigenvalue weighted by molar-refractivity contribution is 9.10. The lowest BCUT2D eigenvalue weighted by Crippen LogP contribution is -2.11. The fraction of sp³-hybridized carbons (Fsp3) is 0.0909. The van der Waals surface area contributed by atoms with Gasteiger partial charge in [-0.05, 0) is 41.1 Å². The van der Waals surface area contributed by atoms with E-state index < -0.39 is 0 Å². The van der Waals surface area contributed by atoms with E-state index in [1.807, 2.05) is 0 Å². The molecule has 0 saturated heterocycles. The van der Waals surface area contributed by atoms with Crippen molar-refractivity contribution < 1.29 is 9.13 Å². The Kier molecular flexibility index (Phi) is 3.73. The van der Waals surface area contributed by atoms with Gasteiger partial charge >= 0.3 is 0 Å². The number of nitrogens with two attached hydrogens (primary N) is 1. The molecule has 1 aromatic heterocycles. The van der Waals surface area contributed by atoms with E-state index in [0.29, 0.717) is 21.8 Å². The molecule has 0 atom stereocenters. The number of nitrogens with one attached hydrogen (secondary N) is 1. The van der Waals surface area contributed by atoms with Crippen LogP contribution in [0.1, 0.15) is 5.69 Å². The van der Waals surface area contributed by atoms with Gasteiger partial charge in [0.1, 0.15) is 11.6 Å². The van der Waals surface area contributed by atoms with E-state index in [1.165, 1.54) is 18.2 Å². The van der Waals surface area contributed by atoms with E-state index in [4.69, 9.17) is 10.6 Å². The van der Waals surface area contributed by atoms with Crippen LogP contribution in [0.3, 0.4) is 0 Å². The van der Waals surface area contributed by atoms with Crippen molar-refractivity contribution in [2.75, 3.05) is 5.43 Å². The van der Waals surface area contributed by atoms with E-state index in [0.717, 1.165) is 0 Å². The summed E-state index contributed by atoms with van der Waals surface area (Å²) >= 11 is 3.21. The van der Waals surface area contributed by atoms with E-state index in [-0.39, 0.29) is 11.8 Å². The molecule has 0 amide bonds. The Morgan fingerprint density at radius 1 is 1.33 bits per heavy atom. The number of aromatic nitrogens is 2. The van der Waals surface area contributed by atoms with Gasteiger partial charge in [-0.3, -0.25) is 5.43 Å². The van der Waals surface area contributed by atoms with Gasteiger partial charge in [-0.2, -0.15) is 4.98 Å². The average Bonchev–Trinajstić information content (AvgIpc) is 2.32. The number of rotatable bonds is 3. The van der Waals surface area contributed by atoms with Crippen molar-refractivity contribution >= 4 is 21.9 Å². The maximum atomic E-state index is 12.9. The first kappa shape index (κ1) is 12.7. The normalized spacial score (nSPS) is 10.2. The summed E-state index contributed by atoms with van der Waals surface area (Å²) in [5.74, 6) is 5.92. The second-order valence-corrected chi connectivity index (χ2v) is 4.35. The van der Waals surface area contributed by atoms with Gasteiger partial charge in [-0.15, -0.1) is 0 Å². The van der Waals surface area contributed by atoms with E-state index in [9.17, 15) is 4.39 Å². The van der Waals surface area contributed by atoms with Gasteiger partial charge in [0, 0.05) is 11.8 Å². The summed E-state index contributed by atoms with van der Waals surface area (Å²) in [5, 5.41) is 0. The topological polar surface area (TPSA) is 73.1 Å². The number of hydrazine groups is 1. The molecular weight excluding hydrogens is 303 g/mol. The Labute approximate surface area is 111 Å². The number of halogens is 2. The van der Waals surface area contributed by atoms with Crippen LogP contribution in [0.2, 0.25) is 0 Å². The zero-order valence-corrected chi connectivity index (χ0v) is 11.0. The van der Waals surface area contributed by atoms with E-state index in [2.05, 4.69) is 31.3 Å². The fourth-order valence-corrected chi connectivity index (χ4v) is 1.76. The molecular formula is C11H10BrFN4O. The molecule has 0 unspecified atom stereocenters. The summed E-state index contributed by atoms with van der Waals surface area (Å²) in [6, 6.07) is 5.77. The zero-order chi connectivity index (χ0) is 13.1. The minimum absolute atomic E-state index is 0.253. The average molecular weight is 313 g/mol. The van der Waals surface area contributed by atoms with Crippen LogP contribution < -0.4 is 16.0 Å². The smallest absolute Gasteiger partial charge is 0.240 e. The highest BCUT2D eigenvalue weighted by Gasteiger charge is 2.07. The molecule has 1 aromatic carbocycles. The summed E-state index contributed by atoms with van der Waals surface area (Å²) in [7, 11) is 0. The molecule has 0 spiro atoms. The van der Waals surface area contributed by atoms with Crippen LogP contribution in [0.15, 0.2) is 28.7 Å². The lowest BCUT2D eigenvalue weighted by Gasteiger charge is -2.08. The van der Waals surface area contributed by atoms with Crippen LogP contribution >= 0.6 is 15.9 Å². The maximum absolute atomic E-state index is 12.9. The third kappa shape index (κ3) is 2.93. The zero-order valence-electron chi connectivity index (χ0n) is 9.45. The summed E-state index contributed by atoms with van der Waals surface area (Å²) in [6.07, 6.45) is 0. The van der Waals surface area contributed by atoms with Crippen molar-refractivity contribution in [3.8, 4) is 11.6 Å². The predicted octanol–water partition coefficient (Wildman–Crippen LogP) is 2.76. The fourth-order valence-electron chi connectivity index (χ4n) is 1.33. The molecule has 0 saturated carbocycles. The lowest BCUT2D eigenvalue weighted by atomic mass is 10.3. The van der Waals surface area contributed by atoms with Crippen molar-refractivity contribution in [3.63, 3.8) is 0 Å². The molecule has 0 fully saturated rings. The predicted molar refractivity (Wildman–Crippen MR) is 68.8 cm³/mol. The van der Waals surface area contributed by atoms with E-state index >= 15 is 0 Å². The SMILES string of the molecule is Cc1cc(Oc2ccc(F)cc2Br)nc(NN)n1. The maximum Gasteiger partial charge on any atom is 0.240 e. The van der Waals surface area contributed by atoms with Crippen LogP contribution in [0.4, 0.5) is 10.3 Å². The van der Waals surface area contributed by atoms with E-state index in [1.54, 1.807) is 13.0 Å². The quantitative estimate of drug-likeness (QED) is 0.673. The molecule has 2 aromatic rings. The lowest BCUT2D eigenvalue weighted by molar-refractivity contribution is 0.457. The van der Waals surface area contributed by atoms with Gasteiger partial charge in [-0.1, -0.05) is 0 Å². The Morgan fingerprint density at radius 3 is 2.78 bits per heavy atom. The molecule has 0 radical (unpaired) electrons. The largest absolute Gasteiger partial charge is 0.438 e. The van der Waals surface area contributed by atoms with Crippen molar-refractivity contribution in [3.05, 3.63) is 40.2 Å². The Hall–Kier alpha value is -1.73. The monoisotopic (exact) mass is 312 g/mol. The summed E-state index contributed by atoms with van der Waals surface area (Å²) in [4.78, 5) is 8.06. The molecule has 3 N–H and O–H groups in total. The van der Waals surface area contributed by atoms with Crippen LogP contribution in [0.25, 0.3) is 0 Å². The highest BCUT2D eigenvalue weighted by Crippen LogP contribution is 2.29. The number of aryl methyl sites for hydroxylation is 1. The highest BCUT2D eigenvalue weighted by atomic mass is 79.9. The molecule has 0 bridgehead atoms. The molecule has 94 valence electrons. The Morgan fingerprint density at radius 2 is 2.11 bits per heavy atom. The number of ether oxygens (including phenoxy) is 1. The molecule has 0 aliphatic heterocycles. The number of anilines is 1. The molecule has 1 heterocycles. The second-order valence-electron chi connectivity index (χ2n) is 3.49. The van der Waals surface area contributed by atoms with Crippen molar-refractivity contribution in [2.24, 2.45) is 5.84 Å². The Bertz CT molecular complexity index is 579. The van der Waals surface area contributed by atoms with Crippen molar-refractivity contribution in [2.45, 2.75) is 6.92 Å². The summed E-state index contributed by atoms with van der Waals surface area (Å²) in [5.41, 5.74) is 3.04. The Balaban J connectivity index is 2.30. The second kappa shape index (κ2) is 5.28. The van der Waals surface area contributed by atoms with Crippen LogP contribution in [-0.2, 0) is 0 Å². The molecule has 5 nitrogen and oxygen atoms in total. The number of benzene rings is 1. The number of nitrogen functional groups attached to an aromatic ring is 1. The number of hydrogen-bond acceptors (Lipinski definition) is 5. The number of hydrogen-bond donors (Lipinski definition) is 2.